The van der Waals surface area contributed by atoms with Gasteiger partial charge in [0, 0.05) is 30.5 Å². The molecule has 1 saturated heterocycles. The Bertz CT molecular complexity index is 951. The molecule has 1 spiro atoms. The van der Waals surface area contributed by atoms with Crippen LogP contribution in [0.15, 0.2) is 42.5 Å². The third-order valence-electron chi connectivity index (χ3n) is 5.68. The number of amides is 2. The fraction of sp³-hybridized carbons (Fsp3) is 0.364. The molecule has 1 heterocycles. The number of carbonyl (C=O) groups excluding carboxylic acids is 2. The van der Waals surface area contributed by atoms with Gasteiger partial charge in [-0.15, -0.1) is 0 Å². The summed E-state index contributed by atoms with van der Waals surface area (Å²) in [5, 5.41) is 3.39. The van der Waals surface area contributed by atoms with Crippen molar-refractivity contribution in [3.63, 3.8) is 0 Å². The van der Waals surface area contributed by atoms with Gasteiger partial charge in [-0.3, -0.25) is 9.59 Å². The van der Waals surface area contributed by atoms with Crippen LogP contribution in [0, 0.1) is 17.2 Å². The minimum absolute atomic E-state index is 0.00392. The second-order valence-corrected chi connectivity index (χ2v) is 8.22. The molecule has 2 fully saturated rings. The SMILES string of the molecule is CCOc1cc(F)ccc1C(=O)N1CC2(CC(C(=O)Nc3ccccc3Cl)C2)C1. The molecule has 5 nitrogen and oxygen atoms in total. The molecule has 0 aromatic heterocycles. The fourth-order valence-electron chi connectivity index (χ4n) is 4.25. The number of halogens is 2. The number of rotatable bonds is 5. The number of para-hydroxylation sites is 1. The summed E-state index contributed by atoms with van der Waals surface area (Å²) in [6, 6.07) is 11.1. The standard InChI is InChI=1S/C22H22ClFN2O3/c1-2-29-19-9-15(24)7-8-16(19)21(28)26-12-22(13-26)10-14(11-22)20(27)25-18-6-4-3-5-17(18)23/h3-9,14H,2,10-13H2,1H3,(H,25,27). The molecule has 1 saturated carbocycles. The van der Waals surface area contributed by atoms with Gasteiger partial charge in [0.2, 0.25) is 5.91 Å². The van der Waals surface area contributed by atoms with Crippen LogP contribution in [-0.2, 0) is 4.79 Å². The fourth-order valence-corrected chi connectivity index (χ4v) is 4.43. The van der Waals surface area contributed by atoms with Gasteiger partial charge in [0.05, 0.1) is 22.9 Å². The van der Waals surface area contributed by atoms with E-state index in [0.717, 1.165) is 12.8 Å². The van der Waals surface area contributed by atoms with Crippen LogP contribution in [-0.4, -0.2) is 36.4 Å². The van der Waals surface area contributed by atoms with Gasteiger partial charge in [-0.2, -0.15) is 0 Å². The second-order valence-electron chi connectivity index (χ2n) is 7.81. The summed E-state index contributed by atoms with van der Waals surface area (Å²) in [5.41, 5.74) is 0.991. The number of carbonyl (C=O) groups is 2. The highest BCUT2D eigenvalue weighted by molar-refractivity contribution is 6.33. The van der Waals surface area contributed by atoms with Crippen molar-refractivity contribution in [3.05, 3.63) is 58.9 Å². The van der Waals surface area contributed by atoms with Crippen molar-refractivity contribution in [2.75, 3.05) is 25.0 Å². The first-order valence-electron chi connectivity index (χ1n) is 9.68. The zero-order valence-corrected chi connectivity index (χ0v) is 16.8. The maximum absolute atomic E-state index is 13.5. The zero-order chi connectivity index (χ0) is 20.6. The molecule has 1 aliphatic carbocycles. The number of ether oxygens (including phenoxy) is 1. The Morgan fingerprint density at radius 1 is 1.24 bits per heavy atom. The summed E-state index contributed by atoms with van der Waals surface area (Å²) < 4.78 is 18.9. The van der Waals surface area contributed by atoms with Gasteiger partial charge >= 0.3 is 0 Å². The molecule has 29 heavy (non-hydrogen) atoms. The van der Waals surface area contributed by atoms with Crippen LogP contribution in [0.5, 0.6) is 5.75 Å². The molecule has 2 aliphatic rings. The lowest BCUT2D eigenvalue weighted by atomic mass is 9.57. The van der Waals surface area contributed by atoms with Gasteiger partial charge in [-0.05, 0) is 44.0 Å². The number of hydrogen-bond donors (Lipinski definition) is 1. The first-order valence-corrected chi connectivity index (χ1v) is 10.1. The molecule has 1 aliphatic heterocycles. The highest BCUT2D eigenvalue weighted by Crippen LogP contribution is 2.52. The first-order chi connectivity index (χ1) is 13.9. The molecule has 7 heteroatoms. The Morgan fingerprint density at radius 2 is 1.97 bits per heavy atom. The third kappa shape index (κ3) is 3.81. The lowest BCUT2D eigenvalue weighted by molar-refractivity contribution is -0.135. The summed E-state index contributed by atoms with van der Waals surface area (Å²) in [7, 11) is 0. The van der Waals surface area contributed by atoms with Gasteiger partial charge in [-0.1, -0.05) is 23.7 Å². The smallest absolute Gasteiger partial charge is 0.257 e. The van der Waals surface area contributed by atoms with E-state index in [0.29, 0.717) is 36.0 Å². The van der Waals surface area contributed by atoms with Gasteiger partial charge in [-0.25, -0.2) is 4.39 Å². The summed E-state index contributed by atoms with van der Waals surface area (Å²) in [6.07, 6.45) is 1.49. The molecule has 152 valence electrons. The van der Waals surface area contributed by atoms with Crippen LogP contribution in [0.4, 0.5) is 10.1 Å². The molecular weight excluding hydrogens is 395 g/mol. The lowest BCUT2D eigenvalue weighted by Gasteiger charge is -2.58. The summed E-state index contributed by atoms with van der Waals surface area (Å²) in [5.74, 6) is -0.442. The minimum Gasteiger partial charge on any atom is -0.493 e. The van der Waals surface area contributed by atoms with Gasteiger partial charge < -0.3 is 15.0 Å². The van der Waals surface area contributed by atoms with Crippen LogP contribution >= 0.6 is 11.6 Å². The lowest BCUT2D eigenvalue weighted by Crippen LogP contribution is -2.65. The number of anilines is 1. The number of nitrogens with zero attached hydrogens (tertiary/aromatic N) is 1. The van der Waals surface area contributed by atoms with Gasteiger partial charge in [0.1, 0.15) is 11.6 Å². The molecule has 2 aromatic rings. The van der Waals surface area contributed by atoms with Gasteiger partial charge in [0.15, 0.2) is 0 Å². The number of likely N-dealkylation sites (tertiary alicyclic amines) is 1. The number of nitrogens with one attached hydrogen (secondary N) is 1. The maximum atomic E-state index is 13.5. The molecule has 1 N–H and O–H groups in total. The third-order valence-corrected chi connectivity index (χ3v) is 6.00. The Hall–Kier alpha value is -2.60. The van der Waals surface area contributed by atoms with Crippen molar-refractivity contribution >= 4 is 29.1 Å². The predicted octanol–water partition coefficient (Wildman–Crippen LogP) is 4.37. The van der Waals surface area contributed by atoms with Crippen molar-refractivity contribution < 1.29 is 18.7 Å². The average Bonchev–Trinajstić information content (AvgIpc) is 2.61. The van der Waals surface area contributed by atoms with Gasteiger partial charge in [0.25, 0.3) is 5.91 Å². The van der Waals surface area contributed by atoms with Crippen LogP contribution in [0.25, 0.3) is 0 Å². The molecule has 0 bridgehead atoms. The van der Waals surface area contributed by atoms with E-state index in [4.69, 9.17) is 16.3 Å². The predicted molar refractivity (Wildman–Crippen MR) is 109 cm³/mol. The Kier molecular flexibility index (Phi) is 5.21. The van der Waals surface area contributed by atoms with Crippen LogP contribution in [0.1, 0.15) is 30.1 Å². The topological polar surface area (TPSA) is 58.6 Å². The molecule has 0 radical (unpaired) electrons. The molecule has 0 atom stereocenters. The first kappa shape index (κ1) is 19.7. The molecule has 4 rings (SSSR count). The van der Waals surface area contributed by atoms with Crippen LogP contribution in [0.3, 0.4) is 0 Å². The molecule has 2 aromatic carbocycles. The summed E-state index contributed by atoms with van der Waals surface area (Å²) in [4.78, 5) is 27.0. The Labute approximate surface area is 173 Å². The number of hydrogen-bond acceptors (Lipinski definition) is 3. The average molecular weight is 417 g/mol. The van der Waals surface area contributed by atoms with E-state index in [1.54, 1.807) is 24.0 Å². The largest absolute Gasteiger partial charge is 0.493 e. The monoisotopic (exact) mass is 416 g/mol. The van der Waals surface area contributed by atoms with Crippen molar-refractivity contribution in [1.82, 2.24) is 4.90 Å². The number of benzene rings is 2. The Balaban J connectivity index is 1.32. The summed E-state index contributed by atoms with van der Waals surface area (Å²) in [6.45, 7) is 3.35. The molecular formula is C22H22ClFN2O3. The van der Waals surface area contributed by atoms with Crippen LogP contribution in [0.2, 0.25) is 5.02 Å². The molecule has 0 unspecified atom stereocenters. The zero-order valence-electron chi connectivity index (χ0n) is 16.1. The highest BCUT2D eigenvalue weighted by Gasteiger charge is 2.55. The van der Waals surface area contributed by atoms with Crippen molar-refractivity contribution in [3.8, 4) is 5.75 Å². The van der Waals surface area contributed by atoms with E-state index in [1.165, 1.54) is 18.2 Å². The van der Waals surface area contributed by atoms with E-state index in [2.05, 4.69) is 5.32 Å². The van der Waals surface area contributed by atoms with E-state index >= 15 is 0 Å². The Morgan fingerprint density at radius 3 is 2.66 bits per heavy atom. The minimum atomic E-state index is -0.434. The maximum Gasteiger partial charge on any atom is 0.257 e. The highest BCUT2D eigenvalue weighted by atomic mass is 35.5. The molecule has 2 amide bonds. The quantitative estimate of drug-likeness (QED) is 0.787. The normalized spacial score (nSPS) is 17.4. The van der Waals surface area contributed by atoms with Crippen LogP contribution < -0.4 is 10.1 Å². The van der Waals surface area contributed by atoms with Crippen molar-refractivity contribution in [2.45, 2.75) is 19.8 Å². The summed E-state index contributed by atoms with van der Waals surface area (Å²) >= 11 is 6.09. The van der Waals surface area contributed by atoms with E-state index in [1.807, 2.05) is 12.1 Å². The van der Waals surface area contributed by atoms with Crippen molar-refractivity contribution in [2.24, 2.45) is 11.3 Å². The van der Waals surface area contributed by atoms with Crippen molar-refractivity contribution in [1.29, 1.82) is 0 Å². The van der Waals surface area contributed by atoms with E-state index < -0.39 is 5.82 Å². The van der Waals surface area contributed by atoms with E-state index in [9.17, 15) is 14.0 Å². The second kappa shape index (κ2) is 7.67. The van der Waals surface area contributed by atoms with E-state index in [-0.39, 0.29) is 28.9 Å².